The van der Waals surface area contributed by atoms with Crippen molar-refractivity contribution in [1.29, 1.82) is 0 Å². The van der Waals surface area contributed by atoms with E-state index in [1.165, 1.54) is 4.90 Å². The number of hydrogen-bond acceptors (Lipinski definition) is 5. The van der Waals surface area contributed by atoms with Crippen molar-refractivity contribution in [3.63, 3.8) is 0 Å². The van der Waals surface area contributed by atoms with Crippen molar-refractivity contribution < 1.29 is 24.2 Å². The van der Waals surface area contributed by atoms with Crippen LogP contribution in [-0.4, -0.2) is 64.8 Å². The Labute approximate surface area is 135 Å². The molecule has 0 aromatic rings. The lowest BCUT2D eigenvalue weighted by Crippen LogP contribution is -2.50. The van der Waals surface area contributed by atoms with Crippen LogP contribution in [0.15, 0.2) is 0 Å². The molecule has 8 nitrogen and oxygen atoms in total. The average Bonchev–Trinajstić information content (AvgIpc) is 3.04. The van der Waals surface area contributed by atoms with Gasteiger partial charge in [0.2, 0.25) is 5.91 Å². The number of likely N-dealkylation sites (tertiary alicyclic amines) is 1. The molecule has 2 aliphatic heterocycles. The van der Waals surface area contributed by atoms with Gasteiger partial charge in [0.05, 0.1) is 0 Å². The third kappa shape index (κ3) is 4.57. The lowest BCUT2D eigenvalue weighted by Gasteiger charge is -2.28. The number of aliphatic carboxylic acids is 1. The first-order valence-corrected chi connectivity index (χ1v) is 7.93. The molecule has 23 heavy (non-hydrogen) atoms. The molecule has 2 saturated heterocycles. The van der Waals surface area contributed by atoms with Gasteiger partial charge in [-0.05, 0) is 40.0 Å². The number of carbonyl (C=O) groups is 3. The molecule has 130 valence electrons. The van der Waals surface area contributed by atoms with Gasteiger partial charge < -0.3 is 20.5 Å². The highest BCUT2D eigenvalue weighted by atomic mass is 16.6. The topological polar surface area (TPSA) is 108 Å². The number of carboxylic acid groups (broad SMARTS) is 1. The Morgan fingerprint density at radius 1 is 1.30 bits per heavy atom. The van der Waals surface area contributed by atoms with Crippen LogP contribution in [0.25, 0.3) is 0 Å². The van der Waals surface area contributed by atoms with Crippen LogP contribution in [0.2, 0.25) is 0 Å². The summed E-state index contributed by atoms with van der Waals surface area (Å²) in [4.78, 5) is 37.0. The van der Waals surface area contributed by atoms with E-state index in [9.17, 15) is 14.4 Å². The summed E-state index contributed by atoms with van der Waals surface area (Å²) in [5, 5.41) is 14.6. The minimum Gasteiger partial charge on any atom is -0.480 e. The molecule has 0 aliphatic carbocycles. The maximum atomic E-state index is 12.4. The molecular weight excluding hydrogens is 302 g/mol. The van der Waals surface area contributed by atoms with Crippen molar-refractivity contribution in [1.82, 2.24) is 15.5 Å². The number of nitrogens with one attached hydrogen (secondary N) is 2. The molecule has 0 saturated carbocycles. The van der Waals surface area contributed by atoms with Crippen LogP contribution in [0.5, 0.6) is 0 Å². The van der Waals surface area contributed by atoms with Crippen molar-refractivity contribution >= 4 is 18.0 Å². The summed E-state index contributed by atoms with van der Waals surface area (Å²) in [6.07, 6.45) is 1.20. The van der Waals surface area contributed by atoms with E-state index in [1.807, 2.05) is 0 Å². The van der Waals surface area contributed by atoms with Gasteiger partial charge in [0, 0.05) is 19.1 Å². The highest BCUT2D eigenvalue weighted by Crippen LogP contribution is 2.21. The fourth-order valence-corrected chi connectivity index (χ4v) is 2.91. The van der Waals surface area contributed by atoms with Crippen molar-refractivity contribution in [3.8, 4) is 0 Å². The van der Waals surface area contributed by atoms with Crippen LogP contribution in [0.3, 0.4) is 0 Å². The van der Waals surface area contributed by atoms with E-state index in [0.717, 1.165) is 6.42 Å². The number of carbonyl (C=O) groups excluding carboxylic acids is 2. The summed E-state index contributed by atoms with van der Waals surface area (Å²) in [7, 11) is 0. The second kappa shape index (κ2) is 6.74. The third-order valence-corrected chi connectivity index (χ3v) is 3.96. The van der Waals surface area contributed by atoms with Gasteiger partial charge in [-0.1, -0.05) is 0 Å². The summed E-state index contributed by atoms with van der Waals surface area (Å²) < 4.78 is 5.34. The van der Waals surface area contributed by atoms with Gasteiger partial charge in [-0.2, -0.15) is 0 Å². The van der Waals surface area contributed by atoms with Crippen molar-refractivity contribution in [2.75, 3.05) is 13.1 Å². The van der Waals surface area contributed by atoms with Crippen LogP contribution < -0.4 is 10.6 Å². The first kappa shape index (κ1) is 17.5. The van der Waals surface area contributed by atoms with E-state index in [-0.39, 0.29) is 11.9 Å². The quantitative estimate of drug-likeness (QED) is 0.689. The summed E-state index contributed by atoms with van der Waals surface area (Å²) in [5.74, 6) is -1.16. The molecule has 3 unspecified atom stereocenters. The van der Waals surface area contributed by atoms with Crippen LogP contribution in [0.1, 0.15) is 40.0 Å². The zero-order valence-corrected chi connectivity index (χ0v) is 13.8. The van der Waals surface area contributed by atoms with Crippen molar-refractivity contribution in [2.45, 2.75) is 63.8 Å². The molecule has 0 spiro atoms. The highest BCUT2D eigenvalue weighted by molar-refractivity contribution is 5.86. The Morgan fingerprint density at radius 2 is 2.00 bits per heavy atom. The Kier molecular flexibility index (Phi) is 5.13. The van der Waals surface area contributed by atoms with E-state index in [2.05, 4.69) is 10.6 Å². The van der Waals surface area contributed by atoms with E-state index in [4.69, 9.17) is 9.84 Å². The molecular formula is C15H25N3O5. The van der Waals surface area contributed by atoms with Gasteiger partial charge in [0.25, 0.3) is 0 Å². The first-order chi connectivity index (χ1) is 10.7. The van der Waals surface area contributed by atoms with E-state index < -0.39 is 29.7 Å². The molecule has 0 radical (unpaired) electrons. The molecule has 3 atom stereocenters. The van der Waals surface area contributed by atoms with Gasteiger partial charge in [-0.15, -0.1) is 0 Å². The second-order valence-electron chi connectivity index (χ2n) is 7.07. The normalized spacial score (nSPS) is 27.8. The SMILES string of the molecule is CC(C)(C)OC(=O)N1CCCC1C(=O)NC1CNC(C(=O)O)C1. The molecule has 0 aromatic carbocycles. The third-order valence-electron chi connectivity index (χ3n) is 3.96. The number of carboxylic acids is 1. The van der Waals surface area contributed by atoms with Gasteiger partial charge in [-0.25, -0.2) is 4.79 Å². The number of rotatable bonds is 3. The molecule has 0 aromatic heterocycles. The second-order valence-corrected chi connectivity index (χ2v) is 7.07. The zero-order valence-electron chi connectivity index (χ0n) is 13.8. The van der Waals surface area contributed by atoms with E-state index in [1.54, 1.807) is 20.8 Å². The Bertz CT molecular complexity index is 488. The molecule has 2 amide bonds. The number of hydrogen-bond donors (Lipinski definition) is 3. The number of ether oxygens (including phenoxy) is 1. The number of nitrogens with zero attached hydrogens (tertiary/aromatic N) is 1. The van der Waals surface area contributed by atoms with E-state index in [0.29, 0.717) is 25.9 Å². The predicted octanol–water partition coefficient (Wildman–Crippen LogP) is 0.317. The minimum atomic E-state index is -0.919. The standard InChI is InChI=1S/C15H25N3O5/c1-15(2,3)23-14(22)18-6-4-5-11(18)12(19)17-9-7-10(13(20)21)16-8-9/h9-11,16H,4-8H2,1-3H3,(H,17,19)(H,20,21). The van der Waals surface area contributed by atoms with Crippen LogP contribution in [-0.2, 0) is 14.3 Å². The van der Waals surface area contributed by atoms with Crippen LogP contribution in [0, 0.1) is 0 Å². The smallest absolute Gasteiger partial charge is 0.410 e. The first-order valence-electron chi connectivity index (χ1n) is 7.93. The summed E-state index contributed by atoms with van der Waals surface area (Å²) in [6.45, 7) is 6.26. The minimum absolute atomic E-state index is 0.232. The average molecular weight is 327 g/mol. The molecule has 2 rings (SSSR count). The fourth-order valence-electron chi connectivity index (χ4n) is 2.91. The monoisotopic (exact) mass is 327 g/mol. The predicted molar refractivity (Wildman–Crippen MR) is 81.9 cm³/mol. The van der Waals surface area contributed by atoms with Crippen molar-refractivity contribution in [2.24, 2.45) is 0 Å². The molecule has 2 aliphatic rings. The van der Waals surface area contributed by atoms with Crippen LogP contribution >= 0.6 is 0 Å². The molecule has 8 heteroatoms. The van der Waals surface area contributed by atoms with Gasteiger partial charge >= 0.3 is 12.1 Å². The van der Waals surface area contributed by atoms with Gasteiger partial charge in [0.1, 0.15) is 17.7 Å². The molecule has 3 N–H and O–H groups in total. The highest BCUT2D eigenvalue weighted by Gasteiger charge is 2.38. The van der Waals surface area contributed by atoms with Crippen molar-refractivity contribution in [3.05, 3.63) is 0 Å². The number of amides is 2. The summed E-state index contributed by atoms with van der Waals surface area (Å²) in [5.41, 5.74) is -0.606. The van der Waals surface area contributed by atoms with Gasteiger partial charge in [-0.3, -0.25) is 14.5 Å². The van der Waals surface area contributed by atoms with Crippen LogP contribution in [0.4, 0.5) is 4.79 Å². The summed E-state index contributed by atoms with van der Waals surface area (Å²) >= 11 is 0. The lowest BCUT2D eigenvalue weighted by atomic mass is 10.1. The largest absolute Gasteiger partial charge is 0.480 e. The summed E-state index contributed by atoms with van der Waals surface area (Å²) in [6, 6.07) is -1.41. The van der Waals surface area contributed by atoms with Gasteiger partial charge in [0.15, 0.2) is 0 Å². The molecule has 2 fully saturated rings. The lowest BCUT2D eigenvalue weighted by molar-refractivity contribution is -0.139. The fraction of sp³-hybridized carbons (Fsp3) is 0.800. The Hall–Kier alpha value is -1.83. The Balaban J connectivity index is 1.91. The zero-order chi connectivity index (χ0) is 17.2. The van der Waals surface area contributed by atoms with E-state index >= 15 is 0 Å². The Morgan fingerprint density at radius 3 is 2.57 bits per heavy atom. The maximum Gasteiger partial charge on any atom is 0.410 e. The molecule has 0 bridgehead atoms. The maximum absolute atomic E-state index is 12.4. The molecule has 2 heterocycles.